The zero-order chi connectivity index (χ0) is 35.8. The Bertz CT molecular complexity index is 2000. The number of rotatable bonds is 13. The van der Waals surface area contributed by atoms with Crippen molar-refractivity contribution < 1.29 is 27.8 Å². The number of hydrogen-bond acceptors (Lipinski definition) is 8. The Labute approximate surface area is 303 Å². The minimum Gasteiger partial charge on any atom is -0.392 e. The van der Waals surface area contributed by atoms with Crippen LogP contribution in [0.4, 0.5) is 5.69 Å². The highest BCUT2D eigenvalue weighted by atomic mass is 32.2. The van der Waals surface area contributed by atoms with Gasteiger partial charge in [0.15, 0.2) is 6.29 Å². The molecule has 0 aliphatic carbocycles. The second kappa shape index (κ2) is 16.8. The molecule has 0 spiro atoms. The number of anilines is 1. The fourth-order valence-electron chi connectivity index (χ4n) is 5.91. The second-order valence-corrected chi connectivity index (χ2v) is 15.3. The summed E-state index contributed by atoms with van der Waals surface area (Å²) in [6.07, 6.45) is 0.646. The maximum absolute atomic E-state index is 13.8. The van der Waals surface area contributed by atoms with Crippen LogP contribution in [0.25, 0.3) is 0 Å². The van der Waals surface area contributed by atoms with E-state index in [2.05, 4.69) is 21.9 Å². The number of aromatic nitrogens is 1. The number of nitrogens with zero attached hydrogens (tertiary/aromatic N) is 1. The highest BCUT2D eigenvalue weighted by Crippen LogP contribution is 2.43. The molecule has 5 aromatic rings. The number of sulfonamides is 1. The van der Waals surface area contributed by atoms with Gasteiger partial charge in [-0.05, 0) is 66.4 Å². The van der Waals surface area contributed by atoms with E-state index in [-0.39, 0.29) is 36.0 Å². The van der Waals surface area contributed by atoms with Crippen molar-refractivity contribution in [1.29, 1.82) is 0 Å². The van der Waals surface area contributed by atoms with E-state index in [1.165, 1.54) is 12.1 Å². The van der Waals surface area contributed by atoms with E-state index < -0.39 is 28.3 Å². The van der Waals surface area contributed by atoms with E-state index in [4.69, 9.17) is 9.47 Å². The van der Waals surface area contributed by atoms with Crippen LogP contribution >= 0.6 is 11.8 Å². The quantitative estimate of drug-likeness (QED) is 0.111. The number of aryl methyl sites for hydroxylation is 1. The van der Waals surface area contributed by atoms with Crippen molar-refractivity contribution >= 4 is 33.4 Å². The Morgan fingerprint density at radius 1 is 0.863 bits per heavy atom. The minimum atomic E-state index is -4.00. The van der Waals surface area contributed by atoms with Crippen LogP contribution < -0.4 is 10.0 Å². The third kappa shape index (κ3) is 9.50. The molecule has 0 bridgehead atoms. The third-order valence-corrected chi connectivity index (χ3v) is 11.3. The molecule has 2 heterocycles. The van der Waals surface area contributed by atoms with E-state index in [0.717, 1.165) is 27.3 Å². The number of benzene rings is 4. The molecule has 264 valence electrons. The van der Waals surface area contributed by atoms with E-state index in [0.29, 0.717) is 17.0 Å². The summed E-state index contributed by atoms with van der Waals surface area (Å²) in [7, 11) is -4.00. The molecule has 1 amide bonds. The smallest absolute Gasteiger partial charge is 0.242 e. The molecule has 5 atom stereocenters. The van der Waals surface area contributed by atoms with Crippen molar-refractivity contribution in [2.75, 3.05) is 11.1 Å². The number of pyridine rings is 1. The van der Waals surface area contributed by atoms with E-state index in [1.54, 1.807) is 48.3 Å². The number of aliphatic hydroxyl groups excluding tert-OH is 1. The summed E-state index contributed by atoms with van der Waals surface area (Å²) in [6.45, 7) is 3.94. The van der Waals surface area contributed by atoms with Gasteiger partial charge in [0.05, 0.1) is 28.7 Å². The van der Waals surface area contributed by atoms with Gasteiger partial charge >= 0.3 is 0 Å². The molecule has 11 heteroatoms. The molecular formula is C40H41N3O6S2. The number of carbonyl (C=O) groups excluding carboxylic acids is 1. The summed E-state index contributed by atoms with van der Waals surface area (Å²) >= 11 is 1.61. The average molecular weight is 724 g/mol. The highest BCUT2D eigenvalue weighted by molar-refractivity contribution is 7.99. The molecule has 1 aliphatic rings. The molecule has 4 aromatic carbocycles. The van der Waals surface area contributed by atoms with Gasteiger partial charge in [-0.15, -0.1) is 11.8 Å². The van der Waals surface area contributed by atoms with Gasteiger partial charge in [0.1, 0.15) is 6.04 Å². The number of carbonyl (C=O) groups is 1. The first-order valence-corrected chi connectivity index (χ1v) is 19.2. The lowest BCUT2D eigenvalue weighted by molar-refractivity contribution is -0.268. The van der Waals surface area contributed by atoms with Crippen molar-refractivity contribution in [3.8, 4) is 0 Å². The van der Waals surface area contributed by atoms with Gasteiger partial charge in [-0.25, -0.2) is 13.4 Å². The Balaban J connectivity index is 1.24. The molecule has 1 aromatic heterocycles. The number of thioether (sulfide) groups is 1. The lowest BCUT2D eigenvalue weighted by Crippen LogP contribution is -2.45. The average Bonchev–Trinajstić information content (AvgIpc) is 3.15. The van der Waals surface area contributed by atoms with Crippen LogP contribution in [-0.4, -0.2) is 42.3 Å². The molecule has 5 unspecified atom stereocenters. The van der Waals surface area contributed by atoms with E-state index >= 15 is 0 Å². The zero-order valence-electron chi connectivity index (χ0n) is 28.4. The van der Waals surface area contributed by atoms with E-state index in [1.807, 2.05) is 85.8 Å². The van der Waals surface area contributed by atoms with Crippen molar-refractivity contribution in [3.63, 3.8) is 0 Å². The van der Waals surface area contributed by atoms with Gasteiger partial charge in [-0.1, -0.05) is 97.4 Å². The highest BCUT2D eigenvalue weighted by Gasteiger charge is 2.38. The van der Waals surface area contributed by atoms with Gasteiger partial charge in [-0.2, -0.15) is 4.72 Å². The number of amides is 1. The molecule has 1 fully saturated rings. The summed E-state index contributed by atoms with van der Waals surface area (Å²) in [5, 5.41) is 13.4. The Hall–Kier alpha value is -4.36. The molecule has 6 rings (SSSR count). The Kier molecular flexibility index (Phi) is 12.0. The number of nitrogens with one attached hydrogen (secondary N) is 2. The van der Waals surface area contributed by atoms with Crippen LogP contribution in [0.2, 0.25) is 0 Å². The summed E-state index contributed by atoms with van der Waals surface area (Å²) in [5.41, 5.74) is 4.69. The van der Waals surface area contributed by atoms with Gasteiger partial charge in [-0.3, -0.25) is 4.79 Å². The minimum absolute atomic E-state index is 0.0133. The normalized spacial score (nSPS) is 19.7. The Morgan fingerprint density at radius 2 is 1.61 bits per heavy atom. The molecule has 51 heavy (non-hydrogen) atoms. The summed E-state index contributed by atoms with van der Waals surface area (Å²) in [5.74, 6) is 0.125. The van der Waals surface area contributed by atoms with Gasteiger partial charge < -0.3 is 19.9 Å². The molecule has 1 saturated heterocycles. The summed E-state index contributed by atoms with van der Waals surface area (Å²) in [6, 6.07) is 35.5. The maximum Gasteiger partial charge on any atom is 0.242 e. The van der Waals surface area contributed by atoms with Crippen molar-refractivity contribution in [3.05, 3.63) is 155 Å². The number of aliphatic hydroxyl groups is 1. The zero-order valence-corrected chi connectivity index (χ0v) is 30.0. The summed E-state index contributed by atoms with van der Waals surface area (Å²) < 4.78 is 42.7. The van der Waals surface area contributed by atoms with Gasteiger partial charge in [0.2, 0.25) is 15.9 Å². The SMILES string of the molecule is Cc1ccc(S(=O)(=O)NC(Cc2ccccc2)C(=O)Nc2cccc(C3OC(CSc4ccccn4)C(C)C(c4ccc(CO)cc4)O3)c2)cc1. The fourth-order valence-corrected chi connectivity index (χ4v) is 8.14. The van der Waals surface area contributed by atoms with Crippen molar-refractivity contribution in [1.82, 2.24) is 9.71 Å². The van der Waals surface area contributed by atoms with Gasteiger partial charge in [0, 0.05) is 29.1 Å². The Morgan fingerprint density at radius 3 is 2.31 bits per heavy atom. The standard InChI is InChI=1S/C40H41N3O6S2/c1-27-14-20-34(21-15-27)51(46,47)43-35(23-29-9-4-3-5-10-29)39(45)42-33-12-8-11-32(24-33)40-48-36(26-50-37-13-6-7-22-41-37)28(2)38(49-40)31-18-16-30(25-44)17-19-31/h3-22,24,28,35-36,38,40,43-44H,23,25-26H2,1-2H3,(H,42,45). The molecule has 9 nitrogen and oxygen atoms in total. The van der Waals surface area contributed by atoms with Crippen LogP contribution in [0.1, 0.15) is 47.1 Å². The third-order valence-electron chi connectivity index (χ3n) is 8.81. The molecule has 3 N–H and O–H groups in total. The predicted octanol–water partition coefficient (Wildman–Crippen LogP) is 6.99. The van der Waals surface area contributed by atoms with Crippen LogP contribution in [0, 0.1) is 12.8 Å². The molecule has 1 aliphatic heterocycles. The maximum atomic E-state index is 13.8. The van der Waals surface area contributed by atoms with Crippen LogP contribution in [0.15, 0.2) is 137 Å². The lowest BCUT2D eigenvalue weighted by atomic mass is 9.91. The van der Waals surface area contributed by atoms with Crippen LogP contribution in [0.5, 0.6) is 0 Å². The largest absolute Gasteiger partial charge is 0.392 e. The first kappa shape index (κ1) is 36.4. The summed E-state index contributed by atoms with van der Waals surface area (Å²) in [4.78, 5) is 18.4. The van der Waals surface area contributed by atoms with E-state index in [9.17, 15) is 18.3 Å². The van der Waals surface area contributed by atoms with Crippen LogP contribution in [-0.2, 0) is 37.3 Å². The fraction of sp³-hybridized carbons (Fsp3) is 0.250. The molecule has 0 radical (unpaired) electrons. The monoisotopic (exact) mass is 723 g/mol. The first-order valence-electron chi connectivity index (χ1n) is 16.8. The van der Waals surface area contributed by atoms with Crippen LogP contribution in [0.3, 0.4) is 0 Å². The number of ether oxygens (including phenoxy) is 2. The second-order valence-electron chi connectivity index (χ2n) is 12.6. The predicted molar refractivity (Wildman–Crippen MR) is 198 cm³/mol. The van der Waals surface area contributed by atoms with Crippen molar-refractivity contribution in [2.24, 2.45) is 5.92 Å². The van der Waals surface area contributed by atoms with Gasteiger partial charge in [0.25, 0.3) is 0 Å². The van der Waals surface area contributed by atoms with Crippen molar-refractivity contribution in [2.45, 2.75) is 61.3 Å². The number of hydrogen-bond donors (Lipinski definition) is 3. The topological polar surface area (TPSA) is 127 Å². The molecular weight excluding hydrogens is 683 g/mol. The molecule has 0 saturated carbocycles. The lowest BCUT2D eigenvalue weighted by Gasteiger charge is -2.41. The first-order chi connectivity index (χ1) is 24.7.